The average molecular weight is 167 g/mol. The molecule has 3 nitrogen and oxygen atoms in total. The third-order valence-corrected chi connectivity index (χ3v) is 3.00. The van der Waals surface area contributed by atoms with E-state index in [0.717, 1.165) is 13.1 Å². The van der Waals surface area contributed by atoms with Crippen molar-refractivity contribution >= 4 is 11.7 Å². The highest BCUT2D eigenvalue weighted by Crippen LogP contribution is 2.35. The van der Waals surface area contributed by atoms with Gasteiger partial charge in [0.05, 0.1) is 0 Å². The van der Waals surface area contributed by atoms with Gasteiger partial charge in [0.2, 0.25) is 5.91 Å². The van der Waals surface area contributed by atoms with Crippen LogP contribution in [0.2, 0.25) is 0 Å². The van der Waals surface area contributed by atoms with Crippen molar-refractivity contribution in [3.8, 4) is 0 Å². The molecule has 1 amide bonds. The van der Waals surface area contributed by atoms with Crippen molar-refractivity contribution in [2.45, 2.75) is 19.8 Å². The molecule has 2 aliphatic rings. The highest BCUT2D eigenvalue weighted by molar-refractivity contribution is 5.82. The first-order chi connectivity index (χ1) is 5.66. The summed E-state index contributed by atoms with van der Waals surface area (Å²) in [6, 6.07) is 0. The Morgan fingerprint density at radius 3 is 2.25 bits per heavy atom. The molecular weight excluding hydrogens is 154 g/mol. The number of carbonyl (C=O) groups is 2. The minimum atomic E-state index is 0.150. The van der Waals surface area contributed by atoms with E-state index in [1.165, 1.54) is 0 Å². The molecule has 0 bridgehead atoms. The van der Waals surface area contributed by atoms with E-state index in [1.54, 1.807) is 6.92 Å². The topological polar surface area (TPSA) is 37.4 Å². The molecule has 1 saturated carbocycles. The smallest absolute Gasteiger partial charge is 0.219 e. The van der Waals surface area contributed by atoms with Gasteiger partial charge in [0.25, 0.3) is 0 Å². The van der Waals surface area contributed by atoms with Crippen molar-refractivity contribution in [1.82, 2.24) is 4.90 Å². The summed E-state index contributed by atoms with van der Waals surface area (Å²) < 4.78 is 0. The molecule has 0 N–H and O–H groups in total. The Kier molecular flexibility index (Phi) is 1.67. The maximum atomic E-state index is 11.0. The molecule has 1 aliphatic carbocycles. The van der Waals surface area contributed by atoms with E-state index in [9.17, 15) is 9.59 Å². The lowest BCUT2D eigenvalue weighted by molar-refractivity contribution is -0.128. The fraction of sp³-hybridized carbons (Fsp3) is 0.778. The zero-order valence-corrected chi connectivity index (χ0v) is 7.25. The van der Waals surface area contributed by atoms with Crippen LogP contribution in [0.15, 0.2) is 0 Å². The fourth-order valence-corrected chi connectivity index (χ4v) is 2.33. The van der Waals surface area contributed by atoms with Crippen molar-refractivity contribution in [2.75, 3.05) is 13.1 Å². The van der Waals surface area contributed by atoms with Crippen LogP contribution in [0, 0.1) is 11.8 Å². The molecule has 0 unspecified atom stereocenters. The lowest BCUT2D eigenvalue weighted by atomic mass is 10.0. The van der Waals surface area contributed by atoms with Gasteiger partial charge in [-0.05, 0) is 11.8 Å². The summed E-state index contributed by atoms with van der Waals surface area (Å²) in [6.07, 6.45) is 1.41. The highest BCUT2D eigenvalue weighted by atomic mass is 16.2. The van der Waals surface area contributed by atoms with Gasteiger partial charge in [0.15, 0.2) is 0 Å². The van der Waals surface area contributed by atoms with Gasteiger partial charge in [-0.25, -0.2) is 0 Å². The van der Waals surface area contributed by atoms with Crippen LogP contribution in [0.5, 0.6) is 0 Å². The molecule has 0 spiro atoms. The zero-order valence-electron chi connectivity index (χ0n) is 7.25. The summed E-state index contributed by atoms with van der Waals surface area (Å²) >= 11 is 0. The number of hydrogen-bond donors (Lipinski definition) is 0. The Hall–Kier alpha value is -0.860. The van der Waals surface area contributed by atoms with Crippen LogP contribution in [0.3, 0.4) is 0 Å². The molecule has 0 aromatic rings. The quantitative estimate of drug-likeness (QED) is 0.525. The Balaban J connectivity index is 2.02. The van der Waals surface area contributed by atoms with Gasteiger partial charge in [0.1, 0.15) is 5.78 Å². The van der Waals surface area contributed by atoms with Crippen molar-refractivity contribution in [1.29, 1.82) is 0 Å². The molecular formula is C9H13NO2. The highest BCUT2D eigenvalue weighted by Gasteiger charge is 2.40. The second-order valence-electron chi connectivity index (χ2n) is 3.89. The van der Waals surface area contributed by atoms with Crippen molar-refractivity contribution in [2.24, 2.45) is 11.8 Å². The van der Waals surface area contributed by atoms with Crippen LogP contribution in [-0.4, -0.2) is 29.7 Å². The first kappa shape index (κ1) is 7.77. The first-order valence-electron chi connectivity index (χ1n) is 4.44. The number of rotatable bonds is 0. The van der Waals surface area contributed by atoms with Crippen molar-refractivity contribution < 1.29 is 9.59 Å². The van der Waals surface area contributed by atoms with Crippen LogP contribution in [0.1, 0.15) is 19.8 Å². The molecule has 0 radical (unpaired) electrons. The van der Waals surface area contributed by atoms with Crippen LogP contribution < -0.4 is 0 Å². The predicted molar refractivity (Wildman–Crippen MR) is 43.5 cm³/mol. The molecule has 0 aromatic heterocycles. The third-order valence-electron chi connectivity index (χ3n) is 3.00. The molecule has 1 aliphatic heterocycles. The summed E-state index contributed by atoms with van der Waals surface area (Å²) in [5.74, 6) is 1.48. The minimum absolute atomic E-state index is 0.150. The Morgan fingerprint density at radius 2 is 1.83 bits per heavy atom. The van der Waals surface area contributed by atoms with Crippen LogP contribution in [0.25, 0.3) is 0 Å². The minimum Gasteiger partial charge on any atom is -0.342 e. The molecule has 2 atom stereocenters. The number of amides is 1. The van der Waals surface area contributed by atoms with E-state index in [4.69, 9.17) is 0 Å². The number of Topliss-reactive ketones (excluding diaryl/α,β-unsaturated/α-hetero) is 1. The second kappa shape index (κ2) is 2.57. The Bertz CT molecular complexity index is 221. The monoisotopic (exact) mass is 167 g/mol. The number of likely N-dealkylation sites (tertiary alicyclic amines) is 1. The Labute approximate surface area is 71.7 Å². The standard InChI is InChI=1S/C9H13NO2/c1-6(11)10-4-7-2-9(12)3-8(7)5-10/h7-8H,2-5H2,1H3/t7-,8+. The zero-order chi connectivity index (χ0) is 8.72. The average Bonchev–Trinajstić information content (AvgIpc) is 2.42. The number of nitrogens with zero attached hydrogens (tertiary/aromatic N) is 1. The summed E-state index contributed by atoms with van der Waals surface area (Å²) in [5.41, 5.74) is 0. The molecule has 12 heavy (non-hydrogen) atoms. The largest absolute Gasteiger partial charge is 0.342 e. The van der Waals surface area contributed by atoms with E-state index in [1.807, 2.05) is 4.90 Å². The molecule has 2 fully saturated rings. The molecule has 1 heterocycles. The van der Waals surface area contributed by atoms with Gasteiger partial charge in [-0.1, -0.05) is 0 Å². The van der Waals surface area contributed by atoms with Gasteiger partial charge in [-0.3, -0.25) is 9.59 Å². The number of ketones is 1. The fourth-order valence-electron chi connectivity index (χ4n) is 2.33. The lowest BCUT2D eigenvalue weighted by Gasteiger charge is -2.13. The van der Waals surface area contributed by atoms with Crippen molar-refractivity contribution in [3.05, 3.63) is 0 Å². The van der Waals surface area contributed by atoms with Gasteiger partial charge < -0.3 is 4.90 Å². The third kappa shape index (κ3) is 1.13. The molecule has 2 rings (SSSR count). The van der Waals surface area contributed by atoms with Crippen LogP contribution in [0.4, 0.5) is 0 Å². The van der Waals surface area contributed by atoms with E-state index >= 15 is 0 Å². The molecule has 0 aromatic carbocycles. The van der Waals surface area contributed by atoms with Crippen LogP contribution >= 0.6 is 0 Å². The van der Waals surface area contributed by atoms with E-state index in [0.29, 0.717) is 30.5 Å². The maximum absolute atomic E-state index is 11.0. The molecule has 66 valence electrons. The maximum Gasteiger partial charge on any atom is 0.219 e. The SMILES string of the molecule is CC(=O)N1C[C@H]2CC(=O)C[C@H]2C1. The summed E-state index contributed by atoms with van der Waals surface area (Å²) in [7, 11) is 0. The van der Waals surface area contributed by atoms with Gasteiger partial charge in [-0.2, -0.15) is 0 Å². The molecule has 1 saturated heterocycles. The summed E-state index contributed by atoms with van der Waals surface area (Å²) in [6.45, 7) is 3.22. The normalized spacial score (nSPS) is 34.1. The summed E-state index contributed by atoms with van der Waals surface area (Å²) in [4.78, 5) is 23.9. The number of hydrogen-bond acceptors (Lipinski definition) is 2. The van der Waals surface area contributed by atoms with E-state index < -0.39 is 0 Å². The summed E-state index contributed by atoms with van der Waals surface area (Å²) in [5, 5.41) is 0. The van der Waals surface area contributed by atoms with E-state index in [-0.39, 0.29) is 5.91 Å². The van der Waals surface area contributed by atoms with E-state index in [2.05, 4.69) is 0 Å². The number of fused-ring (bicyclic) bond motifs is 1. The Morgan fingerprint density at radius 1 is 1.33 bits per heavy atom. The second-order valence-corrected chi connectivity index (χ2v) is 3.89. The lowest BCUT2D eigenvalue weighted by Crippen LogP contribution is -2.27. The first-order valence-corrected chi connectivity index (χ1v) is 4.44. The number of carbonyl (C=O) groups excluding carboxylic acids is 2. The van der Waals surface area contributed by atoms with Crippen molar-refractivity contribution in [3.63, 3.8) is 0 Å². The van der Waals surface area contributed by atoms with Gasteiger partial charge in [-0.15, -0.1) is 0 Å². The molecule has 3 heteroatoms. The van der Waals surface area contributed by atoms with Crippen LogP contribution in [-0.2, 0) is 9.59 Å². The van der Waals surface area contributed by atoms with Gasteiger partial charge >= 0.3 is 0 Å². The van der Waals surface area contributed by atoms with Gasteiger partial charge in [0, 0.05) is 32.9 Å². The predicted octanol–water partition coefficient (Wildman–Crippen LogP) is 0.444.